The molecular weight excluding hydrogens is 390 g/mol. The zero-order chi connectivity index (χ0) is 22.4. The van der Waals surface area contributed by atoms with E-state index in [0.29, 0.717) is 42.2 Å². The topological polar surface area (TPSA) is 68.1 Å². The van der Waals surface area contributed by atoms with E-state index in [-0.39, 0.29) is 17.0 Å². The molecule has 0 saturated heterocycles. The zero-order valence-corrected chi connectivity index (χ0v) is 18.5. The van der Waals surface area contributed by atoms with Crippen LogP contribution in [0, 0.1) is 5.41 Å². The molecule has 0 aromatic heterocycles. The Kier molecular flexibility index (Phi) is 6.95. The van der Waals surface area contributed by atoms with Gasteiger partial charge in [-0.1, -0.05) is 56.3 Å². The van der Waals surface area contributed by atoms with E-state index in [1.165, 1.54) is 0 Å². The van der Waals surface area contributed by atoms with Crippen LogP contribution in [0.4, 0.5) is 0 Å². The molecule has 1 N–H and O–H groups in total. The van der Waals surface area contributed by atoms with Crippen molar-refractivity contribution < 1.29 is 19.4 Å². The van der Waals surface area contributed by atoms with Gasteiger partial charge < -0.3 is 14.6 Å². The summed E-state index contributed by atoms with van der Waals surface area (Å²) in [7, 11) is 3.15. The van der Waals surface area contributed by atoms with Crippen molar-refractivity contribution in [3.63, 3.8) is 0 Å². The maximum absolute atomic E-state index is 12.9. The number of aliphatic hydroxyl groups excluding tert-OH is 1. The Hall–Kier alpha value is -3.34. The average molecular weight is 420 g/mol. The van der Waals surface area contributed by atoms with E-state index < -0.39 is 0 Å². The van der Waals surface area contributed by atoms with Crippen molar-refractivity contribution in [3.8, 4) is 11.5 Å². The molecule has 1 fully saturated rings. The normalized spacial score (nSPS) is 19.0. The highest BCUT2D eigenvalue weighted by Gasteiger charge is 2.35. The summed E-state index contributed by atoms with van der Waals surface area (Å²) in [6, 6.07) is 15.3. The monoisotopic (exact) mass is 419 g/mol. The molecule has 0 aliphatic heterocycles. The second-order valence-electron chi connectivity index (χ2n) is 8.40. The van der Waals surface area contributed by atoms with E-state index in [0.717, 1.165) is 11.1 Å². The first-order valence-electron chi connectivity index (χ1n) is 10.3. The minimum atomic E-state index is -0.191. The van der Waals surface area contributed by atoms with Gasteiger partial charge in [-0.25, -0.2) is 0 Å². The molecule has 0 bridgehead atoms. The highest BCUT2D eigenvalue weighted by atomic mass is 16.5. The quantitative estimate of drug-likeness (QED) is 0.492. The van der Waals surface area contributed by atoms with Gasteiger partial charge in [-0.15, -0.1) is 0 Å². The Labute approximate surface area is 183 Å². The fourth-order valence-electron chi connectivity index (χ4n) is 3.70. The number of hydrogen-bond acceptors (Lipinski definition) is 5. The third-order valence-electron chi connectivity index (χ3n) is 5.25. The van der Waals surface area contributed by atoms with Gasteiger partial charge in [0.25, 0.3) is 0 Å². The van der Waals surface area contributed by atoms with Gasteiger partial charge in [0.1, 0.15) is 5.76 Å². The number of Topliss-reactive ketones (excluding diaryl/α,β-unsaturated/α-hetero) is 1. The number of carbonyl (C=O) groups excluding carboxylic acids is 1. The predicted octanol–water partition coefficient (Wildman–Crippen LogP) is 5.56. The second-order valence-corrected chi connectivity index (χ2v) is 8.40. The van der Waals surface area contributed by atoms with E-state index in [2.05, 4.69) is 13.8 Å². The van der Waals surface area contributed by atoms with Crippen molar-refractivity contribution in [1.82, 2.24) is 0 Å². The van der Waals surface area contributed by atoms with Crippen molar-refractivity contribution in [1.29, 1.82) is 0 Å². The molecule has 1 saturated carbocycles. The first-order chi connectivity index (χ1) is 14.8. The largest absolute Gasteiger partial charge is 0.507 e. The maximum Gasteiger partial charge on any atom is 0.168 e. The molecule has 2 aromatic carbocycles. The number of aliphatic imine (C=N–C) groups is 1. The van der Waals surface area contributed by atoms with Crippen LogP contribution in [-0.2, 0) is 11.3 Å². The second kappa shape index (κ2) is 9.65. The molecule has 162 valence electrons. The zero-order valence-electron chi connectivity index (χ0n) is 18.5. The summed E-state index contributed by atoms with van der Waals surface area (Å²) in [4.78, 5) is 17.6. The first kappa shape index (κ1) is 22.3. The van der Waals surface area contributed by atoms with Gasteiger partial charge in [-0.2, -0.15) is 0 Å². The SMILES string of the molecule is COc1ccc(C=C/C(O)=C2\C(=O)CC(C)(C)CC2=NCc2ccccc2)cc1OC. The van der Waals surface area contributed by atoms with Crippen molar-refractivity contribution in [2.75, 3.05) is 14.2 Å². The van der Waals surface area contributed by atoms with Crippen LogP contribution in [0.1, 0.15) is 37.8 Å². The van der Waals surface area contributed by atoms with Gasteiger partial charge in [0.15, 0.2) is 17.3 Å². The summed E-state index contributed by atoms with van der Waals surface area (Å²) >= 11 is 0. The number of rotatable bonds is 6. The third-order valence-corrected chi connectivity index (χ3v) is 5.25. The number of benzene rings is 2. The third kappa shape index (κ3) is 5.63. The predicted molar refractivity (Wildman–Crippen MR) is 124 cm³/mol. The Morgan fingerprint density at radius 1 is 1.06 bits per heavy atom. The summed E-state index contributed by atoms with van der Waals surface area (Å²) in [5.41, 5.74) is 2.65. The smallest absolute Gasteiger partial charge is 0.168 e. The molecule has 0 radical (unpaired) electrons. The molecule has 0 atom stereocenters. The molecule has 2 aromatic rings. The number of allylic oxidation sites excluding steroid dienone is 2. The van der Waals surface area contributed by atoms with Crippen molar-refractivity contribution in [2.24, 2.45) is 10.4 Å². The molecular formula is C26H29NO4. The van der Waals surface area contributed by atoms with E-state index >= 15 is 0 Å². The Morgan fingerprint density at radius 3 is 2.45 bits per heavy atom. The number of ketones is 1. The van der Waals surface area contributed by atoms with Gasteiger partial charge >= 0.3 is 0 Å². The maximum atomic E-state index is 12.9. The van der Waals surface area contributed by atoms with E-state index in [9.17, 15) is 9.90 Å². The van der Waals surface area contributed by atoms with E-state index in [1.54, 1.807) is 32.4 Å². The number of aliphatic hydroxyl groups is 1. The average Bonchev–Trinajstić information content (AvgIpc) is 2.75. The van der Waals surface area contributed by atoms with Crippen molar-refractivity contribution in [2.45, 2.75) is 33.2 Å². The molecule has 1 aliphatic carbocycles. The van der Waals surface area contributed by atoms with Gasteiger partial charge in [0, 0.05) is 6.42 Å². The van der Waals surface area contributed by atoms with Crippen LogP contribution in [0.3, 0.4) is 0 Å². The molecule has 0 unspecified atom stereocenters. The fourth-order valence-corrected chi connectivity index (χ4v) is 3.70. The highest BCUT2D eigenvalue weighted by molar-refractivity contribution is 6.25. The number of hydrogen-bond donors (Lipinski definition) is 1. The van der Waals surface area contributed by atoms with Gasteiger partial charge in [-0.05, 0) is 41.2 Å². The van der Waals surface area contributed by atoms with E-state index in [4.69, 9.17) is 14.5 Å². The first-order valence-corrected chi connectivity index (χ1v) is 10.3. The molecule has 0 spiro atoms. The summed E-state index contributed by atoms with van der Waals surface area (Å²) in [5, 5.41) is 10.8. The van der Waals surface area contributed by atoms with Crippen LogP contribution in [0.5, 0.6) is 11.5 Å². The van der Waals surface area contributed by atoms with Crippen molar-refractivity contribution in [3.05, 3.63) is 77.1 Å². The molecule has 0 amide bonds. The summed E-state index contributed by atoms with van der Waals surface area (Å²) in [5.74, 6) is 1.07. The molecule has 5 heteroatoms. The number of ether oxygens (including phenoxy) is 2. The van der Waals surface area contributed by atoms with Crippen LogP contribution in [0.15, 0.2) is 70.9 Å². The lowest BCUT2D eigenvalue weighted by Crippen LogP contribution is -2.32. The summed E-state index contributed by atoms with van der Waals surface area (Å²) in [6.07, 6.45) is 4.30. The van der Waals surface area contributed by atoms with Crippen LogP contribution in [-0.4, -0.2) is 30.8 Å². The molecule has 0 heterocycles. The minimum absolute atomic E-state index is 0.0675. The molecule has 1 aliphatic rings. The number of methoxy groups -OCH3 is 2. The van der Waals surface area contributed by atoms with Gasteiger partial charge in [0.05, 0.1) is 32.0 Å². The lowest BCUT2D eigenvalue weighted by atomic mass is 9.73. The fraction of sp³-hybridized carbons (Fsp3) is 0.308. The highest BCUT2D eigenvalue weighted by Crippen LogP contribution is 2.36. The van der Waals surface area contributed by atoms with Crippen LogP contribution in [0.2, 0.25) is 0 Å². The Balaban J connectivity index is 1.93. The lowest BCUT2D eigenvalue weighted by molar-refractivity contribution is -0.117. The minimum Gasteiger partial charge on any atom is -0.507 e. The number of nitrogens with zero attached hydrogens (tertiary/aromatic N) is 1. The van der Waals surface area contributed by atoms with Crippen LogP contribution in [0.25, 0.3) is 6.08 Å². The lowest BCUT2D eigenvalue weighted by Gasteiger charge is -2.31. The standard InChI is InChI=1S/C26H29NO4/c1-26(2)15-20(27-17-19-8-6-5-7-9-19)25(22(29)16-26)21(28)12-10-18-11-13-23(30-3)24(14-18)31-4/h5-14,28H,15-17H2,1-4H3/b12-10?,25-21+,27-20?. The molecule has 3 rings (SSSR count). The van der Waals surface area contributed by atoms with Crippen LogP contribution < -0.4 is 9.47 Å². The van der Waals surface area contributed by atoms with Gasteiger partial charge in [-0.3, -0.25) is 9.79 Å². The van der Waals surface area contributed by atoms with E-state index in [1.807, 2.05) is 42.5 Å². The Bertz CT molecular complexity index is 1030. The summed E-state index contributed by atoms with van der Waals surface area (Å²) < 4.78 is 10.6. The molecule has 5 nitrogen and oxygen atoms in total. The number of carbonyl (C=O) groups is 1. The Morgan fingerprint density at radius 2 is 1.77 bits per heavy atom. The van der Waals surface area contributed by atoms with Crippen molar-refractivity contribution >= 4 is 17.6 Å². The summed E-state index contributed by atoms with van der Waals surface area (Å²) in [6.45, 7) is 4.57. The molecule has 31 heavy (non-hydrogen) atoms. The van der Waals surface area contributed by atoms with Gasteiger partial charge in [0.2, 0.25) is 0 Å². The van der Waals surface area contributed by atoms with Crippen LogP contribution >= 0.6 is 0 Å².